The SMILES string of the molecule is CC.c1ccc(-c2ccc(-c3ccc(-c4cccc(-c5c6ccccc6c(-c6ccccc6)c6ccccc56)c4)s3)s2)cc1. The topological polar surface area (TPSA) is 0 Å². The fraction of sp³-hybridized carbons (Fsp3) is 0.0476. The van der Waals surface area contributed by atoms with Crippen LogP contribution in [0.4, 0.5) is 0 Å². The average Bonchev–Trinajstić information content (AvgIpc) is 3.80. The van der Waals surface area contributed by atoms with Crippen LogP contribution in [0.2, 0.25) is 0 Å². The number of fused-ring (bicyclic) bond motifs is 2. The van der Waals surface area contributed by atoms with Gasteiger partial charge < -0.3 is 0 Å². The second kappa shape index (κ2) is 12.5. The highest BCUT2D eigenvalue weighted by molar-refractivity contribution is 7.25. The third-order valence-electron chi connectivity index (χ3n) is 7.94. The van der Waals surface area contributed by atoms with Crippen LogP contribution in [0.5, 0.6) is 0 Å². The number of thiophene rings is 2. The van der Waals surface area contributed by atoms with Gasteiger partial charge in [0.1, 0.15) is 0 Å². The normalized spacial score (nSPS) is 11.0. The molecular formula is C42H32S2. The number of hydrogen-bond donors (Lipinski definition) is 0. The molecular weight excluding hydrogens is 569 g/mol. The lowest BCUT2D eigenvalue weighted by Crippen LogP contribution is -1.90. The molecule has 0 nitrogen and oxygen atoms in total. The molecule has 0 aliphatic carbocycles. The fourth-order valence-corrected chi connectivity index (χ4v) is 8.14. The molecule has 0 N–H and O–H groups in total. The molecule has 2 heteroatoms. The minimum Gasteiger partial charge on any atom is -0.134 e. The van der Waals surface area contributed by atoms with E-state index in [0.717, 1.165) is 0 Å². The summed E-state index contributed by atoms with van der Waals surface area (Å²) in [7, 11) is 0. The summed E-state index contributed by atoms with van der Waals surface area (Å²) in [5.41, 5.74) is 7.62. The van der Waals surface area contributed by atoms with Crippen molar-refractivity contribution in [1.29, 1.82) is 0 Å². The van der Waals surface area contributed by atoms with Crippen molar-refractivity contribution in [2.75, 3.05) is 0 Å². The lowest BCUT2D eigenvalue weighted by Gasteiger charge is -2.18. The van der Waals surface area contributed by atoms with Crippen molar-refractivity contribution in [3.63, 3.8) is 0 Å². The van der Waals surface area contributed by atoms with Crippen LogP contribution < -0.4 is 0 Å². The fourth-order valence-electron chi connectivity index (χ4n) is 6.04. The molecule has 0 unspecified atom stereocenters. The summed E-state index contributed by atoms with van der Waals surface area (Å²) >= 11 is 3.73. The van der Waals surface area contributed by atoms with Crippen molar-refractivity contribution in [1.82, 2.24) is 0 Å². The molecule has 212 valence electrons. The highest BCUT2D eigenvalue weighted by Gasteiger charge is 2.17. The highest BCUT2D eigenvalue weighted by Crippen LogP contribution is 2.45. The Morgan fingerprint density at radius 1 is 0.295 bits per heavy atom. The first-order valence-corrected chi connectivity index (χ1v) is 16.8. The summed E-state index contributed by atoms with van der Waals surface area (Å²) in [6.45, 7) is 4.00. The van der Waals surface area contributed by atoms with E-state index in [1.807, 2.05) is 36.5 Å². The maximum atomic E-state index is 2.37. The molecule has 0 radical (unpaired) electrons. The van der Waals surface area contributed by atoms with Gasteiger partial charge in [0.2, 0.25) is 0 Å². The zero-order valence-corrected chi connectivity index (χ0v) is 26.5. The van der Waals surface area contributed by atoms with Gasteiger partial charge in [-0.1, -0.05) is 141 Å². The van der Waals surface area contributed by atoms with E-state index in [-0.39, 0.29) is 0 Å². The molecule has 0 aliphatic heterocycles. The summed E-state index contributed by atoms with van der Waals surface area (Å²) < 4.78 is 0. The molecule has 8 rings (SSSR count). The maximum Gasteiger partial charge on any atom is 0.0449 e. The third kappa shape index (κ3) is 5.17. The van der Waals surface area contributed by atoms with Gasteiger partial charge in [-0.25, -0.2) is 0 Å². The summed E-state index contributed by atoms with van der Waals surface area (Å²) in [5.74, 6) is 0. The molecule has 0 spiro atoms. The van der Waals surface area contributed by atoms with Crippen LogP contribution in [0.25, 0.3) is 74.4 Å². The molecule has 8 aromatic rings. The van der Waals surface area contributed by atoms with Crippen LogP contribution in [0.3, 0.4) is 0 Å². The number of hydrogen-bond acceptors (Lipinski definition) is 2. The predicted octanol–water partition coefficient (Wildman–Crippen LogP) is 13.5. The van der Waals surface area contributed by atoms with Gasteiger partial charge in [0.25, 0.3) is 0 Å². The predicted molar refractivity (Wildman–Crippen MR) is 196 cm³/mol. The zero-order chi connectivity index (χ0) is 29.9. The van der Waals surface area contributed by atoms with Gasteiger partial charge in [-0.3, -0.25) is 0 Å². The zero-order valence-electron chi connectivity index (χ0n) is 24.8. The maximum absolute atomic E-state index is 2.37. The molecule has 0 saturated carbocycles. The molecule has 0 atom stereocenters. The van der Waals surface area contributed by atoms with E-state index >= 15 is 0 Å². The summed E-state index contributed by atoms with van der Waals surface area (Å²) in [6, 6.07) is 57.3. The smallest absolute Gasteiger partial charge is 0.0449 e. The van der Waals surface area contributed by atoms with Crippen LogP contribution in [-0.2, 0) is 0 Å². The largest absolute Gasteiger partial charge is 0.134 e. The summed E-state index contributed by atoms with van der Waals surface area (Å²) in [4.78, 5) is 5.22. The Balaban J connectivity index is 0.00000153. The molecule has 0 aliphatic rings. The number of rotatable bonds is 5. The van der Waals surface area contributed by atoms with Gasteiger partial charge in [0.15, 0.2) is 0 Å². The van der Waals surface area contributed by atoms with Gasteiger partial charge in [-0.15, -0.1) is 22.7 Å². The van der Waals surface area contributed by atoms with E-state index in [1.165, 1.54) is 74.4 Å². The minimum absolute atomic E-state index is 1.25. The van der Waals surface area contributed by atoms with E-state index in [1.54, 1.807) is 0 Å². The quantitative estimate of drug-likeness (QED) is 0.172. The second-order valence-corrected chi connectivity index (χ2v) is 12.6. The monoisotopic (exact) mass is 600 g/mol. The van der Waals surface area contributed by atoms with Crippen LogP contribution in [0.15, 0.2) is 158 Å². The van der Waals surface area contributed by atoms with Gasteiger partial charge in [-0.05, 0) is 85.3 Å². The van der Waals surface area contributed by atoms with E-state index in [9.17, 15) is 0 Å². The van der Waals surface area contributed by atoms with Crippen LogP contribution in [0, 0.1) is 0 Å². The first-order valence-electron chi connectivity index (χ1n) is 15.2. The van der Waals surface area contributed by atoms with E-state index in [2.05, 4.69) is 158 Å². The molecule has 44 heavy (non-hydrogen) atoms. The van der Waals surface area contributed by atoms with Crippen molar-refractivity contribution in [2.24, 2.45) is 0 Å². The van der Waals surface area contributed by atoms with Gasteiger partial charge in [-0.2, -0.15) is 0 Å². The Labute approximate surface area is 267 Å². The Morgan fingerprint density at radius 3 is 1.18 bits per heavy atom. The van der Waals surface area contributed by atoms with Crippen LogP contribution in [0.1, 0.15) is 13.8 Å². The Hall–Kier alpha value is -4.76. The van der Waals surface area contributed by atoms with Gasteiger partial charge in [0, 0.05) is 19.5 Å². The molecule has 0 amide bonds. The van der Waals surface area contributed by atoms with Crippen molar-refractivity contribution in [3.05, 3.63) is 158 Å². The molecule has 0 saturated heterocycles. The van der Waals surface area contributed by atoms with Gasteiger partial charge >= 0.3 is 0 Å². The Kier molecular flexibility index (Phi) is 7.94. The van der Waals surface area contributed by atoms with Gasteiger partial charge in [0.05, 0.1) is 0 Å². The van der Waals surface area contributed by atoms with Crippen molar-refractivity contribution < 1.29 is 0 Å². The molecule has 0 fully saturated rings. The van der Waals surface area contributed by atoms with Crippen LogP contribution >= 0.6 is 22.7 Å². The Bertz CT molecular complexity index is 2130. The second-order valence-electron chi connectivity index (χ2n) is 10.5. The lowest BCUT2D eigenvalue weighted by molar-refractivity contribution is 1.50. The molecule has 2 heterocycles. The van der Waals surface area contributed by atoms with E-state index in [0.29, 0.717) is 0 Å². The van der Waals surface area contributed by atoms with Crippen molar-refractivity contribution in [2.45, 2.75) is 13.8 Å². The number of benzene rings is 6. The summed E-state index contributed by atoms with van der Waals surface area (Å²) in [6.07, 6.45) is 0. The minimum atomic E-state index is 1.25. The van der Waals surface area contributed by atoms with E-state index in [4.69, 9.17) is 0 Å². The first kappa shape index (κ1) is 28.0. The van der Waals surface area contributed by atoms with Crippen LogP contribution in [-0.4, -0.2) is 0 Å². The average molecular weight is 601 g/mol. The van der Waals surface area contributed by atoms with E-state index < -0.39 is 0 Å². The van der Waals surface area contributed by atoms with Crippen molar-refractivity contribution >= 4 is 44.2 Å². The Morgan fingerprint density at radius 2 is 0.659 bits per heavy atom. The molecule has 0 bridgehead atoms. The standard InChI is InChI=1S/C40H26S2.C2H6/c1-3-12-27(13-4-1)35-22-24-37(41-35)38-25-23-36(42-38)29-16-11-17-30(26-29)40-33-20-9-7-18-31(33)39(28-14-5-2-6-15-28)32-19-8-10-21-34(32)40;1-2/h1-26H;1-2H3. The molecule has 6 aromatic carbocycles. The summed E-state index contributed by atoms with van der Waals surface area (Å²) in [5, 5.41) is 5.14. The van der Waals surface area contributed by atoms with Crippen molar-refractivity contribution in [3.8, 4) is 52.9 Å². The highest BCUT2D eigenvalue weighted by atomic mass is 32.1. The first-order chi connectivity index (χ1) is 21.8. The molecule has 2 aromatic heterocycles. The third-order valence-corrected chi connectivity index (χ3v) is 10.4. The lowest BCUT2D eigenvalue weighted by atomic mass is 9.85.